The molecule has 1 heterocycles. The number of nitrogens with zero attached hydrogens (tertiary/aromatic N) is 4. The summed E-state index contributed by atoms with van der Waals surface area (Å²) in [6.07, 6.45) is 10.9. The third kappa shape index (κ3) is 3.29. The second kappa shape index (κ2) is 7.60. The van der Waals surface area contributed by atoms with Gasteiger partial charge in [0.1, 0.15) is 12.1 Å². The average molecular weight is 431 g/mol. The molecule has 0 saturated heterocycles. The summed E-state index contributed by atoms with van der Waals surface area (Å²) in [5, 5.41) is 24.9. The molecule has 0 amide bonds. The molecule has 6 nitrogen and oxygen atoms in total. The number of aromatic nitrogens is 4. The highest BCUT2D eigenvalue weighted by molar-refractivity contribution is 6.30. The van der Waals surface area contributed by atoms with Gasteiger partial charge in [-0.05, 0) is 110 Å². The van der Waals surface area contributed by atoms with Crippen LogP contribution in [0.4, 0.5) is 0 Å². The Bertz CT molecular complexity index is 864. The van der Waals surface area contributed by atoms with Gasteiger partial charge in [0.2, 0.25) is 0 Å². The van der Waals surface area contributed by atoms with Crippen LogP contribution in [0.2, 0.25) is 0 Å². The lowest BCUT2D eigenvalue weighted by atomic mass is 9.49. The summed E-state index contributed by atoms with van der Waals surface area (Å²) in [7, 11) is 0. The number of hydrogen-bond donors (Lipinski definition) is 1. The van der Waals surface area contributed by atoms with Gasteiger partial charge in [0.15, 0.2) is 12.1 Å². The lowest BCUT2D eigenvalue weighted by Gasteiger charge is -2.56. The molecule has 30 heavy (non-hydrogen) atoms. The van der Waals surface area contributed by atoms with E-state index in [0.717, 1.165) is 50.4 Å². The number of tetrazole rings is 1. The van der Waals surface area contributed by atoms with Crippen molar-refractivity contribution in [3.05, 3.63) is 6.33 Å². The van der Waals surface area contributed by atoms with Crippen molar-refractivity contribution in [2.75, 3.05) is 0 Å². The molecule has 4 saturated carbocycles. The number of carbonyl (C=O) groups excluding carboxylic acids is 1. The Morgan fingerprint density at radius 3 is 2.77 bits per heavy atom. The average Bonchev–Trinajstić information content (AvgIpc) is 3.34. The molecule has 4 fully saturated rings. The topological polar surface area (TPSA) is 80.9 Å². The first-order chi connectivity index (χ1) is 14.4. The first kappa shape index (κ1) is 20.5. The van der Waals surface area contributed by atoms with Gasteiger partial charge in [-0.3, -0.25) is 4.79 Å². The molecule has 0 bridgehead atoms. The van der Waals surface area contributed by atoms with Crippen LogP contribution >= 0.6 is 11.6 Å². The molecule has 4 aliphatic carbocycles. The lowest BCUT2D eigenvalue weighted by molar-refractivity contribution is -0.132. The van der Waals surface area contributed by atoms with Crippen LogP contribution in [0.25, 0.3) is 0 Å². The second-order valence-electron chi connectivity index (χ2n) is 10.5. The molecule has 1 aromatic rings. The molecule has 0 aliphatic heterocycles. The predicted octanol–water partition coefficient (Wildman–Crippen LogP) is 3.44. The maximum atomic E-state index is 13.1. The Labute approximate surface area is 183 Å². The molecule has 0 spiro atoms. The van der Waals surface area contributed by atoms with Gasteiger partial charge in [-0.2, -0.15) is 4.80 Å². The van der Waals surface area contributed by atoms with Crippen LogP contribution in [0.5, 0.6) is 0 Å². The van der Waals surface area contributed by atoms with E-state index in [1.165, 1.54) is 30.4 Å². The van der Waals surface area contributed by atoms with E-state index >= 15 is 0 Å². The van der Waals surface area contributed by atoms with Crippen molar-refractivity contribution < 1.29 is 9.90 Å². The maximum Gasteiger partial charge on any atom is 0.162 e. The summed E-state index contributed by atoms with van der Waals surface area (Å²) >= 11 is 5.61. The first-order valence-electron chi connectivity index (χ1n) is 11.5. The second-order valence-corrected chi connectivity index (χ2v) is 10.7. The van der Waals surface area contributed by atoms with Crippen molar-refractivity contribution in [3.8, 4) is 11.3 Å². The normalized spacial score (nSPS) is 44.9. The van der Waals surface area contributed by atoms with E-state index in [9.17, 15) is 9.90 Å². The number of fused-ring (bicyclic) bond motifs is 5. The molecule has 7 heteroatoms. The van der Waals surface area contributed by atoms with Crippen LogP contribution in [0.1, 0.15) is 64.7 Å². The molecule has 4 aliphatic rings. The minimum Gasteiger partial charge on any atom is -0.378 e. The van der Waals surface area contributed by atoms with Gasteiger partial charge in [-0.15, -0.1) is 10.2 Å². The number of carbonyl (C=O) groups is 1. The van der Waals surface area contributed by atoms with Crippen LogP contribution in [0.15, 0.2) is 6.33 Å². The lowest BCUT2D eigenvalue weighted by Crippen LogP contribution is -2.51. The van der Waals surface area contributed by atoms with Gasteiger partial charge in [0, 0.05) is 11.3 Å². The van der Waals surface area contributed by atoms with E-state index in [1.807, 2.05) is 0 Å². The van der Waals surface area contributed by atoms with E-state index in [2.05, 4.69) is 33.6 Å². The largest absolute Gasteiger partial charge is 0.378 e. The molecule has 8 atom stereocenters. The van der Waals surface area contributed by atoms with Gasteiger partial charge >= 0.3 is 0 Å². The number of ketones is 1. The van der Waals surface area contributed by atoms with Crippen LogP contribution in [0.3, 0.4) is 0 Å². The molecule has 0 aromatic carbocycles. The molecular weight excluding hydrogens is 400 g/mol. The van der Waals surface area contributed by atoms with Crippen molar-refractivity contribution in [1.82, 2.24) is 20.2 Å². The smallest absolute Gasteiger partial charge is 0.162 e. The van der Waals surface area contributed by atoms with Crippen molar-refractivity contribution in [2.45, 2.75) is 76.9 Å². The van der Waals surface area contributed by atoms with E-state index in [1.54, 1.807) is 0 Å². The highest BCUT2D eigenvalue weighted by Crippen LogP contribution is 2.64. The van der Waals surface area contributed by atoms with Crippen molar-refractivity contribution in [3.63, 3.8) is 0 Å². The number of hydrogen-bond acceptors (Lipinski definition) is 5. The van der Waals surface area contributed by atoms with Crippen molar-refractivity contribution >= 4 is 17.4 Å². The summed E-state index contributed by atoms with van der Waals surface area (Å²) in [6.45, 7) is 2.62. The van der Waals surface area contributed by atoms with Gasteiger partial charge in [0.05, 0.1) is 0 Å². The molecule has 1 aromatic heterocycles. The Kier molecular flexibility index (Phi) is 5.18. The zero-order valence-corrected chi connectivity index (χ0v) is 18.4. The summed E-state index contributed by atoms with van der Waals surface area (Å²) in [6, 6.07) is 0. The Hall–Kier alpha value is -1.45. The van der Waals surface area contributed by atoms with E-state index in [-0.39, 0.29) is 23.7 Å². The van der Waals surface area contributed by atoms with Crippen LogP contribution in [0, 0.1) is 52.2 Å². The number of rotatable bonds is 3. The summed E-state index contributed by atoms with van der Waals surface area (Å²) in [5.74, 6) is 6.59. The summed E-state index contributed by atoms with van der Waals surface area (Å²) in [4.78, 5) is 14.5. The zero-order chi connectivity index (χ0) is 20.9. The fraction of sp³-hybridized carbons (Fsp3) is 0.826. The van der Waals surface area contributed by atoms with Crippen LogP contribution in [-0.4, -0.2) is 36.7 Å². The van der Waals surface area contributed by atoms with Gasteiger partial charge in [-0.25, -0.2) is 0 Å². The monoisotopic (exact) mass is 430 g/mol. The number of Topliss-reactive ketones (excluding diaryl/α,β-unsaturated/α-hetero) is 1. The standard InChI is InChI=1S/C23H31ClN4O2/c1-22-8-6-17-16-7-9-23(30,10-11-24)12-15(16)2-3-18(17)19(22)4-5-20(22)21(29)13-28-26-14-25-27-28/h14-20,30H,2-9,12-13H2,1H3/t15-,16+,17-,18-,19+,20-,22+,23-/m1/s1. The number of aliphatic hydroxyl groups is 1. The third-order valence-electron chi connectivity index (χ3n) is 9.37. The van der Waals surface area contributed by atoms with E-state index in [4.69, 9.17) is 11.6 Å². The van der Waals surface area contributed by atoms with Gasteiger partial charge < -0.3 is 5.11 Å². The Morgan fingerprint density at radius 2 is 2.00 bits per heavy atom. The number of halogens is 1. The van der Waals surface area contributed by atoms with Crippen molar-refractivity contribution in [1.29, 1.82) is 0 Å². The summed E-state index contributed by atoms with van der Waals surface area (Å²) < 4.78 is 0. The molecule has 5 rings (SSSR count). The fourth-order valence-corrected chi connectivity index (χ4v) is 8.30. The first-order valence-corrected chi connectivity index (χ1v) is 11.9. The Morgan fingerprint density at radius 1 is 1.17 bits per heavy atom. The van der Waals surface area contributed by atoms with Crippen LogP contribution < -0.4 is 0 Å². The molecular formula is C23H31ClN4O2. The minimum atomic E-state index is -0.890. The van der Waals surface area contributed by atoms with E-state index < -0.39 is 5.60 Å². The minimum absolute atomic E-state index is 0.102. The highest BCUT2D eigenvalue weighted by atomic mass is 35.5. The zero-order valence-electron chi connectivity index (χ0n) is 17.6. The SMILES string of the molecule is C[C@]12CC[C@H]3[C@@H](CC[C@@H]4C[C@](O)(C#CCl)CC[C@@H]43)[C@@H]1CC[C@@H]2C(=O)Cn1ncnn1. The van der Waals surface area contributed by atoms with Gasteiger partial charge in [0.25, 0.3) is 0 Å². The van der Waals surface area contributed by atoms with E-state index in [0.29, 0.717) is 17.8 Å². The third-order valence-corrected chi connectivity index (χ3v) is 9.46. The molecule has 1 N–H and O–H groups in total. The Balaban J connectivity index is 1.31. The van der Waals surface area contributed by atoms with Gasteiger partial charge in [-0.1, -0.05) is 12.8 Å². The highest BCUT2D eigenvalue weighted by Gasteiger charge is 2.58. The molecule has 0 radical (unpaired) electrons. The molecule has 0 unspecified atom stereocenters. The summed E-state index contributed by atoms with van der Waals surface area (Å²) in [5.41, 5.74) is -0.787. The van der Waals surface area contributed by atoms with Crippen LogP contribution in [-0.2, 0) is 11.3 Å². The molecule has 162 valence electrons. The quantitative estimate of drug-likeness (QED) is 0.743. The van der Waals surface area contributed by atoms with Crippen molar-refractivity contribution in [2.24, 2.45) is 40.9 Å². The maximum absolute atomic E-state index is 13.1. The fourth-order valence-electron chi connectivity index (χ4n) is 8.12. The predicted molar refractivity (Wildman–Crippen MR) is 112 cm³/mol.